The molecule has 7 heteroatoms. The molecule has 7 rings (SSSR count). The van der Waals surface area contributed by atoms with Crippen molar-refractivity contribution in [3.05, 3.63) is 121 Å². The zero-order chi connectivity index (χ0) is 26.0. The molecule has 0 saturated carbocycles. The lowest BCUT2D eigenvalue weighted by molar-refractivity contribution is 0.691. The van der Waals surface area contributed by atoms with Crippen LogP contribution in [0.2, 0.25) is 0 Å². The molecule has 0 aliphatic carbocycles. The average molecular weight is 508 g/mol. The third-order valence-corrected chi connectivity index (χ3v) is 6.94. The van der Waals surface area contributed by atoms with E-state index in [1.54, 1.807) is 6.20 Å². The van der Waals surface area contributed by atoms with E-state index in [1.165, 1.54) is 5.56 Å². The summed E-state index contributed by atoms with van der Waals surface area (Å²) in [6.07, 6.45) is 9.34. The minimum atomic E-state index is 0.733. The van der Waals surface area contributed by atoms with Crippen LogP contribution in [0.15, 0.2) is 110 Å². The highest BCUT2D eigenvalue weighted by atomic mass is 15.2. The molecule has 2 aromatic carbocycles. The highest BCUT2D eigenvalue weighted by Crippen LogP contribution is 2.34. The van der Waals surface area contributed by atoms with Gasteiger partial charge in [0.05, 0.1) is 5.69 Å². The molecule has 0 saturated heterocycles. The van der Waals surface area contributed by atoms with E-state index in [0.717, 1.165) is 74.2 Å². The van der Waals surface area contributed by atoms with Gasteiger partial charge >= 0.3 is 0 Å². The van der Waals surface area contributed by atoms with Gasteiger partial charge in [-0.15, -0.1) is 0 Å². The number of nitrogens with one attached hydrogen (secondary N) is 3. The molecule has 0 spiro atoms. The molecule has 188 valence electrons. The summed E-state index contributed by atoms with van der Waals surface area (Å²) >= 11 is 0. The molecule has 0 aliphatic heterocycles. The first-order valence-electron chi connectivity index (χ1n) is 12.9. The molecular weight excluding hydrogens is 482 g/mol. The van der Waals surface area contributed by atoms with Crippen LogP contribution in [0.4, 0.5) is 0 Å². The summed E-state index contributed by atoms with van der Waals surface area (Å²) in [5, 5.41) is 13.3. The van der Waals surface area contributed by atoms with Crippen molar-refractivity contribution in [2.45, 2.75) is 13.1 Å². The Bertz CT molecular complexity index is 1890. The number of benzene rings is 2. The smallest absolute Gasteiger partial charge is 0.155 e. The van der Waals surface area contributed by atoms with Crippen molar-refractivity contribution in [1.29, 1.82) is 0 Å². The molecule has 0 aliphatic rings. The predicted molar refractivity (Wildman–Crippen MR) is 155 cm³/mol. The maximum absolute atomic E-state index is 4.67. The minimum Gasteiger partial charge on any atom is -0.353 e. The molecular formula is C32H25N7. The summed E-state index contributed by atoms with van der Waals surface area (Å²) < 4.78 is 0. The van der Waals surface area contributed by atoms with E-state index in [4.69, 9.17) is 0 Å². The number of fused-ring (bicyclic) bond motifs is 2. The Kier molecular flexibility index (Phi) is 5.88. The third-order valence-electron chi connectivity index (χ3n) is 6.94. The number of rotatable bonds is 7. The third kappa shape index (κ3) is 4.56. The van der Waals surface area contributed by atoms with Crippen LogP contribution in [-0.2, 0) is 13.1 Å². The van der Waals surface area contributed by atoms with Crippen molar-refractivity contribution in [3.8, 4) is 33.6 Å². The second-order valence-corrected chi connectivity index (χ2v) is 9.55. The normalized spacial score (nSPS) is 11.4. The molecule has 5 heterocycles. The maximum atomic E-state index is 4.67. The van der Waals surface area contributed by atoms with Gasteiger partial charge in [0.25, 0.3) is 0 Å². The fourth-order valence-corrected chi connectivity index (χ4v) is 5.01. The van der Waals surface area contributed by atoms with Gasteiger partial charge in [0, 0.05) is 77.1 Å². The van der Waals surface area contributed by atoms with Gasteiger partial charge < -0.3 is 10.3 Å². The van der Waals surface area contributed by atoms with E-state index >= 15 is 0 Å². The van der Waals surface area contributed by atoms with E-state index < -0.39 is 0 Å². The first-order chi connectivity index (χ1) is 19.3. The summed E-state index contributed by atoms with van der Waals surface area (Å²) in [6.45, 7) is 1.54. The molecule has 0 bridgehead atoms. The second kappa shape index (κ2) is 9.96. The molecule has 0 fully saturated rings. The van der Waals surface area contributed by atoms with Crippen molar-refractivity contribution >= 4 is 21.9 Å². The number of hydrogen-bond donors (Lipinski definition) is 3. The zero-order valence-electron chi connectivity index (χ0n) is 21.1. The van der Waals surface area contributed by atoms with E-state index in [0.29, 0.717) is 0 Å². The molecule has 3 N–H and O–H groups in total. The second-order valence-electron chi connectivity index (χ2n) is 9.55. The van der Waals surface area contributed by atoms with Crippen LogP contribution in [0.1, 0.15) is 11.1 Å². The first kappa shape index (κ1) is 23.0. The molecule has 0 amide bonds. The highest BCUT2D eigenvalue weighted by Gasteiger charge is 2.15. The van der Waals surface area contributed by atoms with Crippen LogP contribution in [0.25, 0.3) is 55.6 Å². The quantitative estimate of drug-likeness (QED) is 0.228. The lowest BCUT2D eigenvalue weighted by Crippen LogP contribution is -2.12. The van der Waals surface area contributed by atoms with Crippen molar-refractivity contribution in [2.75, 3.05) is 0 Å². The molecule has 5 aromatic heterocycles. The maximum Gasteiger partial charge on any atom is 0.155 e. The molecule has 0 unspecified atom stereocenters. The van der Waals surface area contributed by atoms with Gasteiger partial charge in [-0.25, -0.2) is 4.98 Å². The van der Waals surface area contributed by atoms with E-state index in [9.17, 15) is 0 Å². The van der Waals surface area contributed by atoms with Gasteiger partial charge in [-0.3, -0.25) is 15.1 Å². The van der Waals surface area contributed by atoms with E-state index in [1.807, 2.05) is 36.9 Å². The standard InChI is InChI=1S/C32H25N7/c1-2-6-21(7-3-1)15-34-16-22-12-24(19-35-17-22)25-13-28-31(38-39-32(28)36-20-25)30-14-27-26(9-4-10-29(27)37-30)23-8-5-11-33-18-23/h1-14,17-20,34,37H,15-16H2,(H,36,38,39). The van der Waals surface area contributed by atoms with Gasteiger partial charge in [0.2, 0.25) is 0 Å². The Labute approximate surface area is 225 Å². The predicted octanol–water partition coefficient (Wildman–Crippen LogP) is 6.52. The van der Waals surface area contributed by atoms with Crippen LogP contribution >= 0.6 is 0 Å². The number of H-pyrrole nitrogens is 2. The van der Waals surface area contributed by atoms with Gasteiger partial charge in [0.15, 0.2) is 5.65 Å². The van der Waals surface area contributed by atoms with Crippen LogP contribution in [0.3, 0.4) is 0 Å². The Hall–Kier alpha value is -5.14. The van der Waals surface area contributed by atoms with Crippen molar-refractivity contribution < 1.29 is 0 Å². The SMILES string of the molecule is c1ccc(CNCc2cncc(-c3cnc4[nH]nc(-c5cc6c(-c7cccnc7)cccc6[nH]5)c4c3)c2)cc1. The first-order valence-corrected chi connectivity index (χ1v) is 12.9. The van der Waals surface area contributed by atoms with Gasteiger partial charge in [-0.2, -0.15) is 5.10 Å². The number of pyridine rings is 3. The Morgan fingerprint density at radius 2 is 1.54 bits per heavy atom. The molecule has 0 atom stereocenters. The Morgan fingerprint density at radius 3 is 2.44 bits per heavy atom. The van der Waals surface area contributed by atoms with Crippen molar-refractivity contribution in [2.24, 2.45) is 0 Å². The van der Waals surface area contributed by atoms with Crippen LogP contribution in [0.5, 0.6) is 0 Å². The fraction of sp³-hybridized carbons (Fsp3) is 0.0625. The highest BCUT2D eigenvalue weighted by molar-refractivity contribution is 6.01. The summed E-state index contributed by atoms with van der Waals surface area (Å²) in [5.74, 6) is 0. The van der Waals surface area contributed by atoms with Crippen LogP contribution in [-0.4, -0.2) is 30.1 Å². The molecule has 7 nitrogen and oxygen atoms in total. The topological polar surface area (TPSA) is 95.2 Å². The average Bonchev–Trinajstić information content (AvgIpc) is 3.62. The van der Waals surface area contributed by atoms with Crippen LogP contribution in [0, 0.1) is 0 Å². The monoisotopic (exact) mass is 507 g/mol. The van der Waals surface area contributed by atoms with E-state index in [-0.39, 0.29) is 0 Å². The number of aromatic nitrogens is 6. The summed E-state index contributed by atoms with van der Waals surface area (Å²) in [7, 11) is 0. The Morgan fingerprint density at radius 1 is 0.667 bits per heavy atom. The van der Waals surface area contributed by atoms with Crippen molar-refractivity contribution in [3.63, 3.8) is 0 Å². The lowest BCUT2D eigenvalue weighted by Gasteiger charge is -2.07. The van der Waals surface area contributed by atoms with E-state index in [2.05, 4.69) is 102 Å². The van der Waals surface area contributed by atoms with Gasteiger partial charge in [-0.05, 0) is 47.0 Å². The zero-order valence-corrected chi connectivity index (χ0v) is 21.1. The Balaban J connectivity index is 1.20. The fourth-order valence-electron chi connectivity index (χ4n) is 5.01. The van der Waals surface area contributed by atoms with Crippen LogP contribution < -0.4 is 5.32 Å². The summed E-state index contributed by atoms with van der Waals surface area (Å²) in [5.41, 5.74) is 10.2. The van der Waals surface area contributed by atoms with Gasteiger partial charge in [-0.1, -0.05) is 48.5 Å². The number of nitrogens with zero attached hydrogens (tertiary/aromatic N) is 4. The van der Waals surface area contributed by atoms with Gasteiger partial charge in [0.1, 0.15) is 5.69 Å². The molecule has 39 heavy (non-hydrogen) atoms. The molecule has 0 radical (unpaired) electrons. The molecule has 7 aromatic rings. The number of aromatic amines is 2. The lowest BCUT2D eigenvalue weighted by atomic mass is 10.0. The number of hydrogen-bond acceptors (Lipinski definition) is 5. The largest absolute Gasteiger partial charge is 0.353 e. The summed E-state index contributed by atoms with van der Waals surface area (Å²) in [4.78, 5) is 17.0. The van der Waals surface area contributed by atoms with Crippen molar-refractivity contribution in [1.82, 2.24) is 35.5 Å². The minimum absolute atomic E-state index is 0.733. The summed E-state index contributed by atoms with van der Waals surface area (Å²) in [6, 6.07) is 27.1.